The molecule has 0 amide bonds. The summed E-state index contributed by atoms with van der Waals surface area (Å²) in [6.45, 7) is 9.23. The molecule has 0 aliphatic heterocycles. The van der Waals surface area contributed by atoms with Crippen LogP contribution in [-0.2, 0) is 6.54 Å². The molecule has 0 radical (unpaired) electrons. The van der Waals surface area contributed by atoms with Crippen molar-refractivity contribution in [2.45, 2.75) is 47.1 Å². The number of rotatable bonds is 5. The summed E-state index contributed by atoms with van der Waals surface area (Å²) in [6.07, 6.45) is 6.70. The van der Waals surface area contributed by atoms with Gasteiger partial charge in [-0.2, -0.15) is 0 Å². The highest BCUT2D eigenvalue weighted by molar-refractivity contribution is 6.38. The molecule has 0 aliphatic rings. The van der Waals surface area contributed by atoms with E-state index in [1.54, 1.807) is 6.07 Å². The molecule has 4 heteroatoms. The monoisotopic (exact) mass is 336 g/mol. The summed E-state index contributed by atoms with van der Waals surface area (Å²) in [6, 6.07) is 3.66. The normalized spacial score (nSPS) is 12.0. The third-order valence-corrected chi connectivity index (χ3v) is 4.18. The molecule has 0 fully saturated rings. The van der Waals surface area contributed by atoms with Crippen LogP contribution in [0.25, 0.3) is 11.0 Å². The first kappa shape index (κ1) is 17.1. The van der Waals surface area contributed by atoms with Gasteiger partial charge in [-0.3, -0.25) is 0 Å². The van der Waals surface area contributed by atoms with E-state index in [0.717, 1.165) is 36.2 Å². The first-order valence-electron chi connectivity index (χ1n) is 7.49. The van der Waals surface area contributed by atoms with Gasteiger partial charge in [0.1, 0.15) is 11.3 Å². The van der Waals surface area contributed by atoms with Crippen LogP contribution in [0.15, 0.2) is 35.4 Å². The maximum absolute atomic E-state index is 6.23. The highest BCUT2D eigenvalue weighted by atomic mass is 35.5. The average molecular weight is 337 g/mol. The molecular formula is C18H22Cl2N2. The second-order valence-corrected chi connectivity index (χ2v) is 6.74. The zero-order valence-corrected chi connectivity index (χ0v) is 15.1. The van der Waals surface area contributed by atoms with E-state index in [-0.39, 0.29) is 0 Å². The van der Waals surface area contributed by atoms with Gasteiger partial charge in [0.05, 0.1) is 10.5 Å². The fourth-order valence-electron chi connectivity index (χ4n) is 2.43. The van der Waals surface area contributed by atoms with Gasteiger partial charge in [0, 0.05) is 11.6 Å². The van der Waals surface area contributed by atoms with Crippen molar-refractivity contribution in [3.63, 3.8) is 0 Å². The molecule has 0 saturated heterocycles. The van der Waals surface area contributed by atoms with Crippen LogP contribution in [-0.4, -0.2) is 9.55 Å². The number of allylic oxidation sites excluding steroid dienone is 4. The highest BCUT2D eigenvalue weighted by Gasteiger charge is 2.10. The molecule has 0 bridgehead atoms. The van der Waals surface area contributed by atoms with Crippen molar-refractivity contribution in [3.8, 4) is 0 Å². The quantitative estimate of drug-likeness (QED) is 0.582. The van der Waals surface area contributed by atoms with Crippen LogP contribution in [0, 0.1) is 6.92 Å². The van der Waals surface area contributed by atoms with Crippen LogP contribution in [0.5, 0.6) is 0 Å². The Morgan fingerprint density at radius 3 is 2.59 bits per heavy atom. The number of nitrogens with zero attached hydrogens (tertiary/aromatic N) is 2. The van der Waals surface area contributed by atoms with Crippen molar-refractivity contribution in [3.05, 3.63) is 51.3 Å². The first-order valence-corrected chi connectivity index (χ1v) is 8.25. The van der Waals surface area contributed by atoms with Gasteiger partial charge < -0.3 is 4.57 Å². The Labute approximate surface area is 142 Å². The molecule has 0 N–H and O–H groups in total. The first-order chi connectivity index (χ1) is 10.4. The molecule has 0 saturated carbocycles. The van der Waals surface area contributed by atoms with Crippen molar-refractivity contribution in [1.82, 2.24) is 9.55 Å². The minimum atomic E-state index is 0.605. The number of hydrogen-bond acceptors (Lipinski definition) is 1. The van der Waals surface area contributed by atoms with Gasteiger partial charge in [-0.15, -0.1) is 0 Å². The summed E-state index contributed by atoms with van der Waals surface area (Å²) in [5.41, 5.74) is 4.56. The molecule has 0 unspecified atom stereocenters. The Balaban J connectivity index is 2.21. The van der Waals surface area contributed by atoms with E-state index in [1.807, 2.05) is 13.0 Å². The van der Waals surface area contributed by atoms with Crippen LogP contribution >= 0.6 is 23.2 Å². The zero-order chi connectivity index (χ0) is 16.3. The molecule has 1 aromatic heterocycles. The third-order valence-electron chi connectivity index (χ3n) is 3.68. The Bertz CT molecular complexity index is 735. The minimum Gasteiger partial charge on any atom is -0.324 e. The van der Waals surface area contributed by atoms with Gasteiger partial charge in [-0.1, -0.05) is 46.5 Å². The van der Waals surface area contributed by atoms with Crippen molar-refractivity contribution in [1.29, 1.82) is 0 Å². The molecule has 1 aromatic carbocycles. The molecule has 118 valence electrons. The molecule has 22 heavy (non-hydrogen) atoms. The topological polar surface area (TPSA) is 17.8 Å². The molecule has 0 spiro atoms. The second-order valence-electron chi connectivity index (χ2n) is 5.90. The van der Waals surface area contributed by atoms with Crippen LogP contribution in [0.4, 0.5) is 0 Å². The molecule has 0 aliphatic carbocycles. The van der Waals surface area contributed by atoms with Gasteiger partial charge in [-0.05, 0) is 52.7 Å². The predicted molar refractivity (Wildman–Crippen MR) is 96.9 cm³/mol. The van der Waals surface area contributed by atoms with Crippen molar-refractivity contribution in [2.75, 3.05) is 0 Å². The van der Waals surface area contributed by atoms with E-state index < -0.39 is 0 Å². The number of hydrogen-bond donors (Lipinski definition) is 0. The van der Waals surface area contributed by atoms with Gasteiger partial charge in [0.25, 0.3) is 0 Å². The third kappa shape index (κ3) is 4.15. The van der Waals surface area contributed by atoms with Gasteiger partial charge in [-0.25, -0.2) is 4.98 Å². The number of aryl methyl sites for hydroxylation is 1. The van der Waals surface area contributed by atoms with Crippen LogP contribution < -0.4 is 0 Å². The van der Waals surface area contributed by atoms with Crippen LogP contribution in [0.1, 0.15) is 39.4 Å². The van der Waals surface area contributed by atoms with Gasteiger partial charge >= 0.3 is 0 Å². The number of imidazole rings is 1. The maximum atomic E-state index is 6.23. The van der Waals surface area contributed by atoms with E-state index in [9.17, 15) is 0 Å². The Morgan fingerprint density at radius 2 is 1.91 bits per heavy atom. The number of benzene rings is 1. The Morgan fingerprint density at radius 1 is 1.18 bits per heavy atom. The molecule has 2 rings (SSSR count). The van der Waals surface area contributed by atoms with E-state index in [1.165, 1.54) is 11.1 Å². The van der Waals surface area contributed by atoms with Crippen molar-refractivity contribution < 1.29 is 0 Å². The van der Waals surface area contributed by atoms with E-state index >= 15 is 0 Å². The largest absolute Gasteiger partial charge is 0.324 e. The van der Waals surface area contributed by atoms with Crippen LogP contribution in [0.2, 0.25) is 10.0 Å². The lowest BCUT2D eigenvalue weighted by molar-refractivity contribution is 0.794. The molecule has 0 atom stereocenters. The van der Waals surface area contributed by atoms with E-state index in [2.05, 4.69) is 42.5 Å². The summed E-state index contributed by atoms with van der Waals surface area (Å²) in [7, 11) is 0. The summed E-state index contributed by atoms with van der Waals surface area (Å²) < 4.78 is 2.15. The van der Waals surface area contributed by atoms with E-state index in [4.69, 9.17) is 23.2 Å². The molecule has 1 heterocycles. The fraction of sp³-hybridized carbons (Fsp3) is 0.389. The Hall–Kier alpha value is -1.25. The summed E-state index contributed by atoms with van der Waals surface area (Å²) >= 11 is 12.3. The lowest BCUT2D eigenvalue weighted by atomic mass is 10.1. The average Bonchev–Trinajstić information content (AvgIpc) is 2.72. The Kier molecular flexibility index (Phi) is 5.71. The maximum Gasteiger partial charge on any atom is 0.107 e. The molecule has 2 nitrogen and oxygen atoms in total. The van der Waals surface area contributed by atoms with Gasteiger partial charge in [0.2, 0.25) is 0 Å². The zero-order valence-electron chi connectivity index (χ0n) is 13.6. The minimum absolute atomic E-state index is 0.605. The number of fused-ring (bicyclic) bond motifs is 1. The van der Waals surface area contributed by atoms with Gasteiger partial charge in [0.15, 0.2) is 0 Å². The molecule has 2 aromatic rings. The van der Waals surface area contributed by atoms with Crippen molar-refractivity contribution >= 4 is 34.2 Å². The lowest BCUT2D eigenvalue weighted by Crippen LogP contribution is -1.98. The SMILES string of the molecule is CC(C)=CCC/C(C)=C/Cn1c(C)nc2c(Cl)cc(Cl)cc21. The molecular weight excluding hydrogens is 315 g/mol. The standard InChI is InChI=1S/C18H22Cl2N2/c1-12(2)6-5-7-13(3)8-9-22-14(4)21-18-16(20)10-15(19)11-17(18)22/h6,8,10-11H,5,7,9H2,1-4H3/b13-8+. The lowest BCUT2D eigenvalue weighted by Gasteiger charge is -2.06. The fourth-order valence-corrected chi connectivity index (χ4v) is 2.96. The van der Waals surface area contributed by atoms with Crippen LogP contribution in [0.3, 0.4) is 0 Å². The predicted octanol–water partition coefficient (Wildman–Crippen LogP) is 6.34. The highest BCUT2D eigenvalue weighted by Crippen LogP contribution is 2.28. The van der Waals surface area contributed by atoms with Crippen molar-refractivity contribution in [2.24, 2.45) is 0 Å². The number of halogens is 2. The summed E-state index contributed by atoms with van der Waals surface area (Å²) in [5.74, 6) is 0.951. The second kappa shape index (κ2) is 7.34. The summed E-state index contributed by atoms with van der Waals surface area (Å²) in [5, 5.41) is 1.25. The number of aromatic nitrogens is 2. The van der Waals surface area contributed by atoms with E-state index in [0.29, 0.717) is 10.0 Å². The summed E-state index contributed by atoms with van der Waals surface area (Å²) in [4.78, 5) is 4.55. The smallest absolute Gasteiger partial charge is 0.107 e.